The maximum Gasteiger partial charge on any atom is 0.258 e. The predicted molar refractivity (Wildman–Crippen MR) is 252 cm³/mol. The van der Waals surface area contributed by atoms with Gasteiger partial charge in [0.25, 0.3) is 23.6 Å². The number of carbonyl (C=O) groups is 6. The van der Waals surface area contributed by atoms with Crippen LogP contribution in [0.5, 0.6) is 0 Å². The lowest BCUT2D eigenvalue weighted by Crippen LogP contribution is -2.33. The summed E-state index contributed by atoms with van der Waals surface area (Å²) in [6.45, 7) is 5.99. The van der Waals surface area contributed by atoms with Gasteiger partial charge in [0, 0.05) is 43.9 Å². The molecule has 0 aliphatic heterocycles. The third kappa shape index (κ3) is 13.2. The Morgan fingerprint density at radius 2 is 0.859 bits per heavy atom. The molecule has 4 N–H and O–H groups in total. The van der Waals surface area contributed by atoms with Crippen LogP contribution in [0, 0.1) is 0 Å². The number of anilines is 4. The van der Waals surface area contributed by atoms with Crippen molar-refractivity contribution in [2.75, 3.05) is 21.3 Å². The first-order valence-electron chi connectivity index (χ1n) is 19.1. The van der Waals surface area contributed by atoms with E-state index in [2.05, 4.69) is 41.7 Å². The molecule has 0 spiro atoms. The van der Waals surface area contributed by atoms with E-state index in [1.807, 2.05) is 13.8 Å². The van der Waals surface area contributed by atoms with E-state index in [0.29, 0.717) is 56.8 Å². The zero-order valence-corrected chi connectivity index (χ0v) is 38.7. The van der Waals surface area contributed by atoms with Crippen LogP contribution in [-0.2, 0) is 32.0 Å². The zero-order chi connectivity index (χ0) is 46.8. The number of halogens is 6. The van der Waals surface area contributed by atoms with Crippen LogP contribution in [0.2, 0.25) is 30.1 Å². The number of nitrogens with zero attached hydrogens (tertiary/aromatic N) is 4. The number of amides is 4. The summed E-state index contributed by atoms with van der Waals surface area (Å²) >= 11 is 36.6. The number of nitrogens with one attached hydrogen (secondary N) is 4. The molecule has 64 heavy (non-hydrogen) atoms. The number of azo groups is 2. The Morgan fingerprint density at radius 3 is 1.19 bits per heavy atom. The normalized spacial score (nSPS) is 12.2. The van der Waals surface area contributed by atoms with Crippen molar-refractivity contribution in [3.63, 3.8) is 0 Å². The molecule has 14 nitrogen and oxygen atoms in total. The van der Waals surface area contributed by atoms with Gasteiger partial charge in [-0.1, -0.05) is 83.5 Å². The van der Waals surface area contributed by atoms with Crippen molar-refractivity contribution in [2.24, 2.45) is 20.5 Å². The highest BCUT2D eigenvalue weighted by Crippen LogP contribution is 2.31. The predicted octanol–water partition coefficient (Wildman–Crippen LogP) is 12.6. The first kappa shape index (κ1) is 49.3. The quantitative estimate of drug-likeness (QED) is 0.0560. The minimum absolute atomic E-state index is 0.0953. The van der Waals surface area contributed by atoms with E-state index in [1.54, 1.807) is 24.3 Å². The molecule has 0 radical (unpaired) electrons. The number of carbonyl (C=O) groups excluding carboxylic acids is 6. The molecule has 0 saturated carbocycles. The number of hydrogen-bond acceptors (Lipinski definition) is 10. The Bertz CT molecular complexity index is 2560. The van der Waals surface area contributed by atoms with E-state index in [9.17, 15) is 28.8 Å². The Balaban J connectivity index is 1.30. The summed E-state index contributed by atoms with van der Waals surface area (Å²) in [7, 11) is 0. The second-order valence-electron chi connectivity index (χ2n) is 13.9. The highest BCUT2D eigenvalue weighted by molar-refractivity contribution is 6.42. The lowest BCUT2D eigenvalue weighted by atomic mass is 10.0. The lowest BCUT2D eigenvalue weighted by Gasteiger charge is -2.18. The SMILES string of the molecule is CCc1cc(NC(=O)C(N=Nc2cc(Cl)cc(C(=O)Nc3ccc(Cl)c(Cl)c3)c2)C(C)=O)c(CC)cc1NC(=O)C(N=Nc1cc(Cl)cc(C(=O)Nc2ccc(Cl)c(Cl)c2)c1)C(C)=O. The molecule has 330 valence electrons. The summed E-state index contributed by atoms with van der Waals surface area (Å²) in [5.41, 5.74) is 2.99. The van der Waals surface area contributed by atoms with Crippen molar-refractivity contribution in [1.82, 2.24) is 0 Å². The molecule has 4 amide bonds. The summed E-state index contributed by atoms with van der Waals surface area (Å²) in [6.07, 6.45) is 0.742. The van der Waals surface area contributed by atoms with Crippen molar-refractivity contribution in [3.05, 3.63) is 137 Å². The average molecular weight is 986 g/mol. The van der Waals surface area contributed by atoms with Gasteiger partial charge in [0.15, 0.2) is 11.6 Å². The van der Waals surface area contributed by atoms with Crippen molar-refractivity contribution < 1.29 is 28.8 Å². The number of ketones is 2. The standard InChI is InChI=1S/C44H36Cl6N8O6/c1-5-23-15-38(54-44(64)40(22(4)60)58-56-32-14-26(12-28(46)18-32)42(62)52-30-8-10-34(48)36(50)20-30)24(6-2)16-37(23)53-43(63)39(21(3)59)57-55-31-13-25(11-27(45)17-31)41(61)51-29-7-9-33(47)35(49)19-29/h7-20,39-40H,5-6H2,1-4H3,(H,51,61)(H,52,62)(H,53,63)(H,54,64). The van der Waals surface area contributed by atoms with Crippen LogP contribution in [0.3, 0.4) is 0 Å². The Morgan fingerprint density at radius 1 is 0.484 bits per heavy atom. The van der Waals surface area contributed by atoms with Gasteiger partial charge in [-0.15, -0.1) is 0 Å². The fourth-order valence-electron chi connectivity index (χ4n) is 5.88. The molecule has 0 saturated heterocycles. The van der Waals surface area contributed by atoms with Gasteiger partial charge in [0.2, 0.25) is 12.1 Å². The van der Waals surface area contributed by atoms with Crippen LogP contribution < -0.4 is 21.3 Å². The van der Waals surface area contributed by atoms with Gasteiger partial charge in [0.1, 0.15) is 0 Å². The number of Topliss-reactive ketones (excluding diaryl/α,β-unsaturated/α-hetero) is 2. The first-order chi connectivity index (χ1) is 30.3. The van der Waals surface area contributed by atoms with Crippen LogP contribution in [0.15, 0.2) is 105 Å². The number of benzene rings is 5. The van der Waals surface area contributed by atoms with Crippen LogP contribution >= 0.6 is 69.6 Å². The Kier molecular flexibility index (Phi) is 17.1. The summed E-state index contributed by atoms with van der Waals surface area (Å²) in [6, 6.07) is 17.6. The van der Waals surface area contributed by atoms with E-state index < -0.39 is 47.3 Å². The molecular formula is C44H36Cl6N8O6. The minimum Gasteiger partial charge on any atom is -0.323 e. The monoisotopic (exact) mass is 982 g/mol. The maximum absolute atomic E-state index is 13.6. The van der Waals surface area contributed by atoms with Crippen LogP contribution in [0.1, 0.15) is 59.5 Å². The smallest absolute Gasteiger partial charge is 0.258 e. The number of rotatable bonds is 16. The van der Waals surface area contributed by atoms with E-state index in [1.165, 1.54) is 74.5 Å². The van der Waals surface area contributed by atoms with Gasteiger partial charge in [-0.3, -0.25) is 28.8 Å². The highest BCUT2D eigenvalue weighted by Gasteiger charge is 2.27. The second-order valence-corrected chi connectivity index (χ2v) is 16.4. The van der Waals surface area contributed by atoms with Gasteiger partial charge in [-0.25, -0.2) is 0 Å². The molecular weight excluding hydrogens is 949 g/mol. The molecule has 5 aromatic carbocycles. The molecule has 0 heterocycles. The number of hydrogen-bond donors (Lipinski definition) is 4. The topological polar surface area (TPSA) is 200 Å². The van der Waals surface area contributed by atoms with E-state index >= 15 is 0 Å². The van der Waals surface area contributed by atoms with E-state index in [4.69, 9.17) is 69.6 Å². The molecule has 0 aliphatic rings. The number of aryl methyl sites for hydroxylation is 2. The minimum atomic E-state index is -1.59. The maximum atomic E-state index is 13.6. The van der Waals surface area contributed by atoms with Crippen molar-refractivity contribution in [3.8, 4) is 0 Å². The summed E-state index contributed by atoms with van der Waals surface area (Å²) in [4.78, 5) is 78.6. The molecule has 0 aliphatic carbocycles. The largest absolute Gasteiger partial charge is 0.323 e. The van der Waals surface area contributed by atoms with Gasteiger partial charge < -0.3 is 21.3 Å². The Labute approximate surface area is 397 Å². The third-order valence-electron chi connectivity index (χ3n) is 9.10. The van der Waals surface area contributed by atoms with Gasteiger partial charge >= 0.3 is 0 Å². The fraction of sp³-hybridized carbons (Fsp3) is 0.182. The van der Waals surface area contributed by atoms with Crippen LogP contribution in [0.25, 0.3) is 0 Å². The molecule has 5 aromatic rings. The second kappa shape index (κ2) is 22.2. The van der Waals surface area contributed by atoms with Crippen molar-refractivity contribution in [1.29, 1.82) is 0 Å². The van der Waals surface area contributed by atoms with Crippen LogP contribution in [-0.4, -0.2) is 47.3 Å². The molecule has 5 rings (SSSR count). The molecule has 2 atom stereocenters. The highest BCUT2D eigenvalue weighted by atomic mass is 35.5. The van der Waals surface area contributed by atoms with Crippen LogP contribution in [0.4, 0.5) is 34.1 Å². The van der Waals surface area contributed by atoms with Crippen molar-refractivity contribution in [2.45, 2.75) is 52.6 Å². The fourth-order valence-corrected chi connectivity index (χ4v) is 6.93. The van der Waals surface area contributed by atoms with E-state index in [-0.39, 0.29) is 42.6 Å². The Hall–Kier alpha value is -5.74. The molecule has 0 fully saturated rings. The molecule has 20 heteroatoms. The van der Waals surface area contributed by atoms with Crippen molar-refractivity contribution >= 4 is 139 Å². The molecule has 0 aromatic heterocycles. The third-order valence-corrected chi connectivity index (χ3v) is 11.0. The van der Waals surface area contributed by atoms with Gasteiger partial charge in [-0.2, -0.15) is 20.5 Å². The lowest BCUT2D eigenvalue weighted by molar-refractivity contribution is -0.127. The van der Waals surface area contributed by atoms with Gasteiger partial charge in [-0.05, 0) is 123 Å². The molecule has 2 unspecified atom stereocenters. The van der Waals surface area contributed by atoms with Gasteiger partial charge in [0.05, 0.1) is 31.5 Å². The zero-order valence-electron chi connectivity index (χ0n) is 34.2. The summed E-state index contributed by atoms with van der Waals surface area (Å²) < 4.78 is 0. The van der Waals surface area contributed by atoms with E-state index in [0.717, 1.165) is 0 Å². The summed E-state index contributed by atoms with van der Waals surface area (Å²) in [5.74, 6) is -3.92. The molecule has 0 bridgehead atoms. The average Bonchev–Trinajstić information content (AvgIpc) is 3.23. The summed E-state index contributed by atoms with van der Waals surface area (Å²) in [5, 5.41) is 28.4. The first-order valence-corrected chi connectivity index (χ1v) is 21.4.